The molecule has 204 valence electrons. The van der Waals surface area contributed by atoms with Crippen molar-refractivity contribution in [2.75, 3.05) is 32.5 Å². The molecule has 1 saturated heterocycles. The maximum atomic E-state index is 15.6. The molecular weight excluding hydrogens is 544 g/mol. The van der Waals surface area contributed by atoms with Crippen molar-refractivity contribution in [1.29, 1.82) is 0 Å². The Hall–Kier alpha value is -2.56. The molecule has 4 rings (SSSR count). The molecule has 3 aromatic rings. The summed E-state index contributed by atoms with van der Waals surface area (Å²) in [5, 5.41) is 10.7. The van der Waals surface area contributed by atoms with E-state index in [4.69, 9.17) is 16.3 Å². The number of nitrogens with zero attached hydrogens (tertiary/aromatic N) is 2. The normalized spacial score (nSPS) is 16.5. The van der Waals surface area contributed by atoms with Crippen LogP contribution in [0.4, 0.5) is 17.6 Å². The van der Waals surface area contributed by atoms with Crippen molar-refractivity contribution < 1.29 is 32.2 Å². The predicted molar refractivity (Wildman–Crippen MR) is 139 cm³/mol. The maximum Gasteiger partial charge on any atom is 0.309 e. The van der Waals surface area contributed by atoms with E-state index in [2.05, 4.69) is 4.98 Å². The fraction of sp³-hybridized carbons (Fsp3) is 0.407. The molecule has 0 spiro atoms. The second-order valence-corrected chi connectivity index (χ2v) is 10.9. The first kappa shape index (κ1) is 28.4. The molecule has 1 aliphatic heterocycles. The first-order valence-corrected chi connectivity index (χ1v) is 13.5. The van der Waals surface area contributed by atoms with Crippen molar-refractivity contribution in [3.8, 4) is 5.75 Å². The highest BCUT2D eigenvalue weighted by Gasteiger charge is 2.41. The fourth-order valence-electron chi connectivity index (χ4n) is 4.86. The maximum absolute atomic E-state index is 15.6. The first-order chi connectivity index (χ1) is 18.1. The lowest BCUT2D eigenvalue weighted by atomic mass is 9.74. The van der Waals surface area contributed by atoms with Gasteiger partial charge in [-0.1, -0.05) is 11.6 Å². The van der Waals surface area contributed by atoms with Crippen LogP contribution in [0, 0.1) is 22.9 Å². The van der Waals surface area contributed by atoms with Gasteiger partial charge in [-0.2, -0.15) is 0 Å². The number of pyridine rings is 1. The number of carbonyl (C=O) groups is 1. The van der Waals surface area contributed by atoms with E-state index < -0.39 is 35.0 Å². The predicted octanol–water partition coefficient (Wildman–Crippen LogP) is 7.06. The van der Waals surface area contributed by atoms with Gasteiger partial charge in [0.15, 0.2) is 11.6 Å². The van der Waals surface area contributed by atoms with Gasteiger partial charge < -0.3 is 14.7 Å². The Morgan fingerprint density at radius 3 is 2.66 bits per heavy atom. The Labute approximate surface area is 227 Å². The van der Waals surface area contributed by atoms with Crippen molar-refractivity contribution in [3.63, 3.8) is 0 Å². The third-order valence-electron chi connectivity index (χ3n) is 7.15. The second-order valence-electron chi connectivity index (χ2n) is 9.38. The molecule has 0 amide bonds. The molecular formula is C27H27ClF4N2O3S. The Bertz CT molecular complexity index is 1320. The number of ether oxygens (including phenoxy) is 1. The van der Waals surface area contributed by atoms with Crippen LogP contribution in [-0.2, 0) is 4.79 Å². The molecule has 5 nitrogen and oxygen atoms in total. The van der Waals surface area contributed by atoms with Crippen LogP contribution in [0.1, 0.15) is 37.4 Å². The molecule has 0 aliphatic carbocycles. The molecule has 0 unspecified atom stereocenters. The number of carboxylic acids is 1. The van der Waals surface area contributed by atoms with Crippen molar-refractivity contribution >= 4 is 40.2 Å². The van der Waals surface area contributed by atoms with Crippen LogP contribution in [0.2, 0.25) is 5.02 Å². The van der Waals surface area contributed by atoms with E-state index in [1.54, 1.807) is 18.2 Å². The van der Waals surface area contributed by atoms with E-state index in [1.807, 2.05) is 4.90 Å². The fourth-order valence-corrected chi connectivity index (χ4v) is 6.12. The summed E-state index contributed by atoms with van der Waals surface area (Å²) in [6, 6.07) is 6.56. The summed E-state index contributed by atoms with van der Waals surface area (Å²) in [5.74, 6) is -3.22. The highest BCUT2D eigenvalue weighted by Crippen LogP contribution is 2.42. The number of alkyl halides is 1. The zero-order valence-electron chi connectivity index (χ0n) is 20.7. The average molecular weight is 571 g/mol. The number of aliphatic carboxylic acids is 1. The number of piperidine rings is 1. The van der Waals surface area contributed by atoms with Crippen LogP contribution < -0.4 is 4.74 Å². The number of rotatable bonds is 10. The molecule has 11 heteroatoms. The van der Waals surface area contributed by atoms with Gasteiger partial charge in [-0.3, -0.25) is 9.78 Å². The monoisotopic (exact) mass is 570 g/mol. The number of hydrogen-bond acceptors (Lipinski definition) is 5. The number of aromatic nitrogens is 1. The number of hydrogen-bond donors (Lipinski definition) is 1. The molecule has 2 aromatic carbocycles. The molecule has 2 heterocycles. The molecule has 1 aromatic heterocycles. The van der Waals surface area contributed by atoms with Crippen LogP contribution in [0.25, 0.3) is 10.9 Å². The Balaban J connectivity index is 1.37. The number of thioether (sulfide) groups is 1. The number of methoxy groups -OCH3 is 1. The smallest absolute Gasteiger partial charge is 0.309 e. The first-order valence-electron chi connectivity index (χ1n) is 12.1. The SMILES string of the molecule is COc1ccc2ncc(Cl)c([C@@H](F)CCC3(C(=O)O)CCN(CCSc4cc(F)cc(F)c4F)CC3)c2c1. The average Bonchev–Trinajstić information content (AvgIpc) is 2.90. The number of benzene rings is 2. The number of carboxylic acid groups (broad SMARTS) is 1. The molecule has 38 heavy (non-hydrogen) atoms. The van der Waals surface area contributed by atoms with Gasteiger partial charge >= 0.3 is 5.97 Å². The third-order valence-corrected chi connectivity index (χ3v) is 8.45. The minimum atomic E-state index is -1.49. The van der Waals surface area contributed by atoms with E-state index in [0.717, 1.165) is 17.8 Å². The van der Waals surface area contributed by atoms with Crippen molar-refractivity contribution in [1.82, 2.24) is 9.88 Å². The van der Waals surface area contributed by atoms with Crippen LogP contribution in [0.15, 0.2) is 41.4 Å². The third kappa shape index (κ3) is 6.18. The van der Waals surface area contributed by atoms with Crippen molar-refractivity contribution in [2.45, 2.75) is 36.8 Å². The summed E-state index contributed by atoms with van der Waals surface area (Å²) in [6.07, 6.45) is 0.647. The minimum absolute atomic E-state index is 0.0252. The Morgan fingerprint density at radius 2 is 1.97 bits per heavy atom. The zero-order chi connectivity index (χ0) is 27.4. The quantitative estimate of drug-likeness (QED) is 0.160. The molecule has 0 radical (unpaired) electrons. The lowest BCUT2D eigenvalue weighted by molar-refractivity contribution is -0.153. The van der Waals surface area contributed by atoms with Crippen LogP contribution in [0.3, 0.4) is 0 Å². The number of fused-ring (bicyclic) bond motifs is 1. The summed E-state index contributed by atoms with van der Waals surface area (Å²) < 4.78 is 61.5. The van der Waals surface area contributed by atoms with Gasteiger partial charge in [-0.25, -0.2) is 17.6 Å². The van der Waals surface area contributed by atoms with Crippen LogP contribution in [-0.4, -0.2) is 53.5 Å². The molecule has 1 fully saturated rings. The van der Waals surface area contributed by atoms with Gasteiger partial charge in [0.05, 0.1) is 23.1 Å². The Kier molecular flexibility index (Phi) is 9.05. The molecule has 1 aliphatic rings. The summed E-state index contributed by atoms with van der Waals surface area (Å²) in [5.41, 5.74) is -0.252. The highest BCUT2D eigenvalue weighted by molar-refractivity contribution is 7.99. The van der Waals surface area contributed by atoms with Crippen LogP contribution >= 0.6 is 23.4 Å². The van der Waals surface area contributed by atoms with Gasteiger partial charge in [0.25, 0.3) is 0 Å². The molecule has 1 atom stereocenters. The van der Waals surface area contributed by atoms with E-state index >= 15 is 4.39 Å². The summed E-state index contributed by atoms with van der Waals surface area (Å²) in [7, 11) is 1.51. The van der Waals surface area contributed by atoms with Gasteiger partial charge in [-0.15, -0.1) is 11.8 Å². The summed E-state index contributed by atoms with van der Waals surface area (Å²) in [6.45, 7) is 1.41. The zero-order valence-corrected chi connectivity index (χ0v) is 22.2. The molecule has 0 bridgehead atoms. The topological polar surface area (TPSA) is 62.7 Å². The van der Waals surface area contributed by atoms with E-state index in [-0.39, 0.29) is 28.3 Å². The van der Waals surface area contributed by atoms with Crippen LogP contribution in [0.5, 0.6) is 5.75 Å². The lowest BCUT2D eigenvalue weighted by Gasteiger charge is -2.39. The van der Waals surface area contributed by atoms with Gasteiger partial charge in [-0.05, 0) is 63.0 Å². The summed E-state index contributed by atoms with van der Waals surface area (Å²) >= 11 is 7.32. The number of halogens is 5. The van der Waals surface area contributed by atoms with Gasteiger partial charge in [0, 0.05) is 40.4 Å². The minimum Gasteiger partial charge on any atom is -0.497 e. The van der Waals surface area contributed by atoms with Gasteiger partial charge in [0.1, 0.15) is 17.7 Å². The lowest BCUT2D eigenvalue weighted by Crippen LogP contribution is -2.45. The molecule has 1 N–H and O–H groups in total. The standard InChI is InChI=1S/C27H27ClF4N2O3S/c1-37-17-2-3-22-18(14-17)24(19(28)15-33-22)20(30)4-5-27(26(35)36)6-8-34(9-7-27)10-11-38-23-13-16(29)12-21(31)25(23)32/h2-3,12-15,20H,4-11H2,1H3,(H,35,36)/t20-/m0/s1. The Morgan fingerprint density at radius 1 is 1.24 bits per heavy atom. The summed E-state index contributed by atoms with van der Waals surface area (Å²) in [4.78, 5) is 18.4. The largest absolute Gasteiger partial charge is 0.497 e. The number of likely N-dealkylation sites (tertiary alicyclic amines) is 1. The van der Waals surface area contributed by atoms with E-state index in [9.17, 15) is 23.1 Å². The van der Waals surface area contributed by atoms with E-state index in [0.29, 0.717) is 60.9 Å². The second kappa shape index (κ2) is 12.1. The van der Waals surface area contributed by atoms with Crippen molar-refractivity contribution in [3.05, 3.63) is 64.6 Å². The van der Waals surface area contributed by atoms with Gasteiger partial charge in [0.2, 0.25) is 0 Å². The molecule has 0 saturated carbocycles. The highest BCUT2D eigenvalue weighted by atomic mass is 35.5. The van der Waals surface area contributed by atoms with E-state index in [1.165, 1.54) is 13.3 Å². The van der Waals surface area contributed by atoms with Crippen molar-refractivity contribution in [2.24, 2.45) is 5.41 Å².